The van der Waals surface area contributed by atoms with Crippen LogP contribution in [0.3, 0.4) is 0 Å². The van der Waals surface area contributed by atoms with E-state index in [0.29, 0.717) is 22.2 Å². The second-order valence-electron chi connectivity index (χ2n) is 5.81. The van der Waals surface area contributed by atoms with Gasteiger partial charge in [-0.1, -0.05) is 37.8 Å². The van der Waals surface area contributed by atoms with Crippen LogP contribution in [0.15, 0.2) is 24.3 Å². The van der Waals surface area contributed by atoms with Crippen LogP contribution >= 0.6 is 11.6 Å². The molecule has 6 nitrogen and oxygen atoms in total. The molecule has 0 aromatic heterocycles. The minimum atomic E-state index is -1.16. The smallest absolute Gasteiger partial charge is 0.259 e. The van der Waals surface area contributed by atoms with Gasteiger partial charge in [-0.25, -0.2) is 9.96 Å². The zero-order chi connectivity index (χ0) is 17.7. The number of anilines is 1. The third-order valence-electron chi connectivity index (χ3n) is 4.00. The minimum absolute atomic E-state index is 0.162. The lowest BCUT2D eigenvalue weighted by atomic mass is 10.1. The van der Waals surface area contributed by atoms with E-state index in [2.05, 4.69) is 6.92 Å². The molecule has 1 aromatic carbocycles. The highest BCUT2D eigenvalue weighted by molar-refractivity contribution is 6.30. The lowest BCUT2D eigenvalue weighted by Crippen LogP contribution is -2.43. The van der Waals surface area contributed by atoms with Gasteiger partial charge in [0.1, 0.15) is 6.04 Å². The molecular formula is C17H21ClN2O4. The number of benzene rings is 1. The van der Waals surface area contributed by atoms with Crippen LogP contribution in [0.25, 0.3) is 0 Å². The Labute approximate surface area is 145 Å². The summed E-state index contributed by atoms with van der Waals surface area (Å²) in [6.45, 7) is 2.06. The molecule has 24 heavy (non-hydrogen) atoms. The van der Waals surface area contributed by atoms with Crippen LogP contribution in [0.5, 0.6) is 0 Å². The fraction of sp³-hybridized carbons (Fsp3) is 0.471. The number of unbranched alkanes of at least 4 members (excludes halogenated alkanes) is 3. The fourth-order valence-electron chi connectivity index (χ4n) is 2.66. The summed E-state index contributed by atoms with van der Waals surface area (Å²) in [6, 6.07) is 5.08. The van der Waals surface area contributed by atoms with Crippen molar-refractivity contribution in [2.75, 3.05) is 4.90 Å². The molecule has 1 aromatic rings. The number of carbonyl (C=O) groups is 3. The molecule has 2 rings (SSSR count). The van der Waals surface area contributed by atoms with E-state index in [0.717, 1.165) is 24.2 Å². The van der Waals surface area contributed by atoms with Crippen LogP contribution < -0.4 is 4.90 Å². The number of hydroxylamine groups is 2. The molecule has 0 saturated carbocycles. The molecule has 3 amide bonds. The van der Waals surface area contributed by atoms with E-state index in [1.165, 1.54) is 0 Å². The van der Waals surface area contributed by atoms with Crippen molar-refractivity contribution in [3.05, 3.63) is 29.3 Å². The van der Waals surface area contributed by atoms with Crippen LogP contribution in [0, 0.1) is 0 Å². The maximum atomic E-state index is 12.4. The fourth-order valence-corrected chi connectivity index (χ4v) is 2.79. The van der Waals surface area contributed by atoms with Crippen molar-refractivity contribution in [3.8, 4) is 0 Å². The van der Waals surface area contributed by atoms with Gasteiger partial charge >= 0.3 is 0 Å². The summed E-state index contributed by atoms with van der Waals surface area (Å²) < 4.78 is 0. The van der Waals surface area contributed by atoms with E-state index in [1.807, 2.05) is 0 Å². The highest BCUT2D eigenvalue weighted by atomic mass is 35.5. The zero-order valence-electron chi connectivity index (χ0n) is 13.6. The third kappa shape index (κ3) is 4.13. The summed E-state index contributed by atoms with van der Waals surface area (Å²) in [5.41, 5.74) is 0.376. The standard InChI is InChI=1S/C17H21ClN2O4/c1-2-3-4-5-6-15(21)20(24)14-11-16(22)19(17(14)23)13-9-7-12(18)8-10-13/h7-10,14,24H,2-6,11H2,1H3/t14-/m0/s1. The van der Waals surface area contributed by atoms with Crippen LogP contribution in [0.2, 0.25) is 5.02 Å². The van der Waals surface area contributed by atoms with E-state index >= 15 is 0 Å². The molecule has 1 N–H and O–H groups in total. The van der Waals surface area contributed by atoms with Gasteiger partial charge in [-0.2, -0.15) is 0 Å². The monoisotopic (exact) mass is 352 g/mol. The van der Waals surface area contributed by atoms with Gasteiger partial charge in [0, 0.05) is 11.4 Å². The summed E-state index contributed by atoms with van der Waals surface area (Å²) in [7, 11) is 0. The minimum Gasteiger partial charge on any atom is -0.285 e. The van der Waals surface area contributed by atoms with Crippen LogP contribution in [0.4, 0.5) is 5.69 Å². The van der Waals surface area contributed by atoms with E-state index in [4.69, 9.17) is 11.6 Å². The lowest BCUT2D eigenvalue weighted by Gasteiger charge is -2.21. The number of hydrogen-bond donors (Lipinski definition) is 1. The van der Waals surface area contributed by atoms with Crippen molar-refractivity contribution in [2.24, 2.45) is 0 Å². The Morgan fingerprint density at radius 1 is 1.25 bits per heavy atom. The number of carbonyl (C=O) groups excluding carboxylic acids is 3. The van der Waals surface area contributed by atoms with Crippen molar-refractivity contribution in [1.29, 1.82) is 0 Å². The highest BCUT2D eigenvalue weighted by Crippen LogP contribution is 2.26. The Hall–Kier alpha value is -1.92. The van der Waals surface area contributed by atoms with Gasteiger partial charge < -0.3 is 0 Å². The number of halogens is 1. The molecule has 1 aliphatic heterocycles. The molecule has 1 heterocycles. The molecule has 1 saturated heterocycles. The van der Waals surface area contributed by atoms with E-state index in [1.54, 1.807) is 24.3 Å². The number of rotatable bonds is 7. The predicted molar refractivity (Wildman–Crippen MR) is 89.7 cm³/mol. The molecule has 0 aliphatic carbocycles. The maximum Gasteiger partial charge on any atom is 0.259 e. The van der Waals surface area contributed by atoms with Gasteiger partial charge in [-0.05, 0) is 30.7 Å². The molecule has 0 radical (unpaired) electrons. The molecule has 0 spiro atoms. The number of amides is 3. The maximum absolute atomic E-state index is 12.4. The van der Waals surface area contributed by atoms with E-state index < -0.39 is 23.8 Å². The summed E-state index contributed by atoms with van der Waals surface area (Å²) in [5.74, 6) is -1.59. The van der Waals surface area contributed by atoms with E-state index in [9.17, 15) is 19.6 Å². The second-order valence-corrected chi connectivity index (χ2v) is 6.25. The Morgan fingerprint density at radius 2 is 1.92 bits per heavy atom. The van der Waals surface area contributed by atoms with Crippen LogP contribution in [0.1, 0.15) is 45.4 Å². The largest absolute Gasteiger partial charge is 0.285 e. The van der Waals surface area contributed by atoms with Crippen molar-refractivity contribution in [1.82, 2.24) is 5.06 Å². The zero-order valence-corrected chi connectivity index (χ0v) is 14.3. The Kier molecular flexibility index (Phi) is 6.34. The first kappa shape index (κ1) is 18.4. The third-order valence-corrected chi connectivity index (χ3v) is 4.25. The Morgan fingerprint density at radius 3 is 2.54 bits per heavy atom. The highest BCUT2D eigenvalue weighted by Gasteiger charge is 2.44. The van der Waals surface area contributed by atoms with Crippen LogP contribution in [-0.2, 0) is 14.4 Å². The average molecular weight is 353 g/mol. The van der Waals surface area contributed by atoms with Gasteiger partial charge in [-0.3, -0.25) is 19.6 Å². The molecule has 7 heteroatoms. The van der Waals surface area contributed by atoms with Gasteiger partial charge in [0.2, 0.25) is 11.8 Å². The Bertz CT molecular complexity index is 618. The van der Waals surface area contributed by atoms with Crippen molar-refractivity contribution >= 4 is 35.0 Å². The topological polar surface area (TPSA) is 77.9 Å². The summed E-state index contributed by atoms with van der Waals surface area (Å²) in [6.07, 6.45) is 3.55. The van der Waals surface area contributed by atoms with Gasteiger partial charge in [0.15, 0.2) is 0 Å². The van der Waals surface area contributed by atoms with Crippen molar-refractivity contribution in [3.63, 3.8) is 0 Å². The molecular weight excluding hydrogens is 332 g/mol. The molecule has 130 valence electrons. The van der Waals surface area contributed by atoms with Gasteiger partial charge in [0.25, 0.3) is 5.91 Å². The van der Waals surface area contributed by atoms with E-state index in [-0.39, 0.29) is 12.8 Å². The SMILES string of the molecule is CCCCCCC(=O)N(O)[C@H]1CC(=O)N(c2ccc(Cl)cc2)C1=O. The predicted octanol–water partition coefficient (Wildman–Crippen LogP) is 3.16. The lowest BCUT2D eigenvalue weighted by molar-refractivity contribution is -0.177. The summed E-state index contributed by atoms with van der Waals surface area (Å²) in [4.78, 5) is 37.6. The van der Waals surface area contributed by atoms with Gasteiger partial charge in [0.05, 0.1) is 12.1 Å². The second kappa shape index (κ2) is 8.26. The Balaban J connectivity index is 2.02. The first-order valence-electron chi connectivity index (χ1n) is 8.09. The molecule has 1 aliphatic rings. The van der Waals surface area contributed by atoms with Gasteiger partial charge in [-0.15, -0.1) is 0 Å². The summed E-state index contributed by atoms with van der Waals surface area (Å²) >= 11 is 5.80. The quantitative estimate of drug-likeness (QED) is 0.354. The average Bonchev–Trinajstić information content (AvgIpc) is 2.86. The van der Waals surface area contributed by atoms with Crippen LogP contribution in [-0.4, -0.2) is 34.0 Å². The molecule has 1 fully saturated rings. The normalized spacial score (nSPS) is 17.5. The number of imide groups is 1. The first-order valence-corrected chi connectivity index (χ1v) is 8.46. The molecule has 1 atom stereocenters. The molecule has 0 unspecified atom stereocenters. The van der Waals surface area contributed by atoms with Crippen molar-refractivity contribution in [2.45, 2.75) is 51.5 Å². The summed E-state index contributed by atoms with van der Waals surface area (Å²) in [5, 5.41) is 10.9. The first-order chi connectivity index (χ1) is 11.5. The van der Waals surface area contributed by atoms with Crippen molar-refractivity contribution < 1.29 is 19.6 Å². The molecule has 0 bridgehead atoms. The number of nitrogens with zero attached hydrogens (tertiary/aromatic N) is 2. The number of hydrogen-bond acceptors (Lipinski definition) is 4.